The second-order valence-corrected chi connectivity index (χ2v) is 4.50. The van der Waals surface area contributed by atoms with Gasteiger partial charge in [0.2, 0.25) is 0 Å². The molecule has 20 heavy (non-hydrogen) atoms. The third kappa shape index (κ3) is 2.85. The average Bonchev–Trinajstić information content (AvgIpc) is 2.48. The van der Waals surface area contributed by atoms with Gasteiger partial charge < -0.3 is 15.8 Å². The monoisotopic (exact) mass is 271 g/mol. The molecule has 0 fully saturated rings. The lowest BCUT2D eigenvalue weighted by molar-refractivity contribution is 0.318. The largest absolute Gasteiger partial charge is 0.409 e. The fourth-order valence-corrected chi connectivity index (χ4v) is 1.96. The summed E-state index contributed by atoms with van der Waals surface area (Å²) in [5.41, 5.74) is 8.38. The van der Waals surface area contributed by atoms with Crippen molar-refractivity contribution in [3.05, 3.63) is 53.5 Å². The van der Waals surface area contributed by atoms with E-state index in [1.54, 1.807) is 6.20 Å². The highest BCUT2D eigenvalue weighted by molar-refractivity contribution is 5.99. The van der Waals surface area contributed by atoms with Crippen LogP contribution in [0.4, 0.5) is 5.82 Å². The van der Waals surface area contributed by atoms with Crippen molar-refractivity contribution in [3.8, 4) is 0 Å². The summed E-state index contributed by atoms with van der Waals surface area (Å²) in [6.07, 6.45) is 3.09. The normalized spacial score (nSPS) is 11.4. The minimum atomic E-state index is -0.0512. The summed E-state index contributed by atoms with van der Waals surface area (Å²) in [6.45, 7) is 2.72. The summed E-state index contributed by atoms with van der Waals surface area (Å²) < 4.78 is 0. The van der Waals surface area contributed by atoms with Crippen LogP contribution in [0.3, 0.4) is 0 Å². The number of hydrogen-bond acceptors (Lipinski definition) is 5. The summed E-state index contributed by atoms with van der Waals surface area (Å²) in [5.74, 6) is 0.524. The maximum atomic E-state index is 8.80. The molecule has 0 saturated heterocycles. The van der Waals surface area contributed by atoms with Crippen LogP contribution < -0.4 is 10.6 Å². The topological polar surface area (TPSA) is 87.6 Å². The van der Waals surface area contributed by atoms with Gasteiger partial charge >= 0.3 is 0 Å². The Labute approximate surface area is 117 Å². The van der Waals surface area contributed by atoms with Gasteiger partial charge in [-0.05, 0) is 18.1 Å². The van der Waals surface area contributed by atoms with E-state index in [0.717, 1.165) is 0 Å². The number of rotatable bonds is 4. The highest BCUT2D eigenvalue weighted by Crippen LogP contribution is 2.17. The van der Waals surface area contributed by atoms with E-state index in [4.69, 9.17) is 10.9 Å². The van der Waals surface area contributed by atoms with E-state index < -0.39 is 0 Å². The van der Waals surface area contributed by atoms with Crippen LogP contribution in [0.15, 0.2) is 41.8 Å². The van der Waals surface area contributed by atoms with Gasteiger partial charge in [-0.2, -0.15) is 0 Å². The van der Waals surface area contributed by atoms with Crippen molar-refractivity contribution in [3.63, 3.8) is 0 Å². The second kappa shape index (κ2) is 6.01. The Kier molecular flexibility index (Phi) is 4.14. The number of nitrogens with zero attached hydrogens (tertiary/aromatic N) is 4. The molecule has 1 aromatic carbocycles. The SMILES string of the molecule is Cc1ccccc1CN(C)c1nccnc1C(N)=NO. The van der Waals surface area contributed by atoms with E-state index >= 15 is 0 Å². The average molecular weight is 271 g/mol. The van der Waals surface area contributed by atoms with Crippen molar-refractivity contribution in [2.45, 2.75) is 13.5 Å². The molecular weight excluding hydrogens is 254 g/mol. The third-order valence-corrected chi connectivity index (χ3v) is 3.06. The van der Waals surface area contributed by atoms with Crippen molar-refractivity contribution in [1.82, 2.24) is 9.97 Å². The standard InChI is InChI=1S/C14H17N5O/c1-10-5-3-4-6-11(10)9-19(2)14-12(13(15)18-20)16-7-8-17-14/h3-8,20H,9H2,1-2H3,(H2,15,18). The van der Waals surface area contributed by atoms with E-state index in [1.165, 1.54) is 17.3 Å². The van der Waals surface area contributed by atoms with Crippen LogP contribution in [-0.2, 0) is 6.54 Å². The van der Waals surface area contributed by atoms with Crippen LogP contribution in [0.5, 0.6) is 0 Å². The molecule has 0 aliphatic heterocycles. The highest BCUT2D eigenvalue weighted by atomic mass is 16.4. The molecule has 0 unspecified atom stereocenters. The molecule has 2 rings (SSSR count). The van der Waals surface area contributed by atoms with Gasteiger partial charge in [0.25, 0.3) is 0 Å². The molecule has 0 bridgehead atoms. The first-order valence-corrected chi connectivity index (χ1v) is 6.18. The molecule has 6 nitrogen and oxygen atoms in total. The molecule has 1 heterocycles. The number of hydrogen-bond donors (Lipinski definition) is 2. The molecule has 0 atom stereocenters. The zero-order valence-electron chi connectivity index (χ0n) is 11.5. The molecule has 0 aliphatic carbocycles. The van der Waals surface area contributed by atoms with Crippen molar-refractivity contribution >= 4 is 11.7 Å². The number of oxime groups is 1. The van der Waals surface area contributed by atoms with E-state index in [2.05, 4.69) is 34.2 Å². The fourth-order valence-electron chi connectivity index (χ4n) is 1.96. The number of anilines is 1. The number of amidine groups is 1. The van der Waals surface area contributed by atoms with Gasteiger partial charge in [-0.25, -0.2) is 9.97 Å². The summed E-state index contributed by atoms with van der Waals surface area (Å²) in [4.78, 5) is 10.3. The smallest absolute Gasteiger partial charge is 0.192 e. The van der Waals surface area contributed by atoms with Gasteiger partial charge in [0.05, 0.1) is 0 Å². The van der Waals surface area contributed by atoms with Crippen molar-refractivity contribution < 1.29 is 5.21 Å². The van der Waals surface area contributed by atoms with Crippen LogP contribution in [0.25, 0.3) is 0 Å². The minimum Gasteiger partial charge on any atom is -0.409 e. The lowest BCUT2D eigenvalue weighted by Crippen LogP contribution is -2.25. The Morgan fingerprint density at radius 2 is 2.00 bits per heavy atom. The zero-order chi connectivity index (χ0) is 14.5. The van der Waals surface area contributed by atoms with Gasteiger partial charge in [0, 0.05) is 26.0 Å². The Morgan fingerprint density at radius 3 is 2.70 bits per heavy atom. The number of benzene rings is 1. The number of aryl methyl sites for hydroxylation is 1. The fraction of sp³-hybridized carbons (Fsp3) is 0.214. The minimum absolute atomic E-state index is 0.0512. The molecule has 6 heteroatoms. The Bertz CT molecular complexity index is 626. The second-order valence-electron chi connectivity index (χ2n) is 4.50. The summed E-state index contributed by atoms with van der Waals surface area (Å²) in [5, 5.41) is 11.8. The Morgan fingerprint density at radius 1 is 1.30 bits per heavy atom. The lowest BCUT2D eigenvalue weighted by Gasteiger charge is -2.20. The van der Waals surface area contributed by atoms with Crippen LogP contribution in [0.1, 0.15) is 16.8 Å². The molecule has 104 valence electrons. The maximum absolute atomic E-state index is 8.80. The molecule has 1 aromatic heterocycles. The third-order valence-electron chi connectivity index (χ3n) is 3.06. The molecule has 3 N–H and O–H groups in total. The van der Waals surface area contributed by atoms with Crippen molar-refractivity contribution in [2.75, 3.05) is 11.9 Å². The molecule has 0 amide bonds. The molecule has 0 radical (unpaired) electrons. The van der Waals surface area contributed by atoms with E-state index in [1.807, 2.05) is 24.1 Å². The van der Waals surface area contributed by atoms with Gasteiger partial charge in [-0.3, -0.25) is 0 Å². The first-order valence-electron chi connectivity index (χ1n) is 6.18. The Hall–Kier alpha value is -2.63. The number of nitrogens with two attached hydrogens (primary N) is 1. The van der Waals surface area contributed by atoms with Crippen LogP contribution in [0, 0.1) is 6.92 Å². The molecular formula is C14H17N5O. The molecule has 0 saturated carbocycles. The van der Waals surface area contributed by atoms with E-state index in [9.17, 15) is 0 Å². The number of aromatic nitrogens is 2. The first-order chi connectivity index (χ1) is 9.63. The van der Waals surface area contributed by atoms with Gasteiger partial charge in [-0.1, -0.05) is 29.4 Å². The maximum Gasteiger partial charge on any atom is 0.192 e. The van der Waals surface area contributed by atoms with Gasteiger partial charge in [0.15, 0.2) is 17.3 Å². The Balaban J connectivity index is 2.30. The predicted molar refractivity (Wildman–Crippen MR) is 77.8 cm³/mol. The first kappa shape index (κ1) is 13.8. The molecule has 0 aliphatic rings. The predicted octanol–water partition coefficient (Wildman–Crippen LogP) is 1.52. The van der Waals surface area contributed by atoms with E-state index in [-0.39, 0.29) is 5.84 Å². The van der Waals surface area contributed by atoms with Crippen molar-refractivity contribution in [2.24, 2.45) is 10.9 Å². The van der Waals surface area contributed by atoms with Gasteiger partial charge in [-0.15, -0.1) is 0 Å². The van der Waals surface area contributed by atoms with Gasteiger partial charge in [0.1, 0.15) is 0 Å². The van der Waals surface area contributed by atoms with E-state index in [0.29, 0.717) is 18.1 Å². The zero-order valence-corrected chi connectivity index (χ0v) is 11.5. The van der Waals surface area contributed by atoms with Crippen molar-refractivity contribution in [1.29, 1.82) is 0 Å². The van der Waals surface area contributed by atoms with Crippen LogP contribution in [0.2, 0.25) is 0 Å². The quantitative estimate of drug-likeness (QED) is 0.381. The summed E-state index contributed by atoms with van der Waals surface area (Å²) >= 11 is 0. The van der Waals surface area contributed by atoms with Crippen LogP contribution >= 0.6 is 0 Å². The summed E-state index contributed by atoms with van der Waals surface area (Å²) in [7, 11) is 1.89. The summed E-state index contributed by atoms with van der Waals surface area (Å²) in [6, 6.07) is 8.12. The van der Waals surface area contributed by atoms with Crippen LogP contribution in [-0.4, -0.2) is 28.1 Å². The molecule has 2 aromatic rings. The molecule has 0 spiro atoms. The highest BCUT2D eigenvalue weighted by Gasteiger charge is 2.14. The lowest BCUT2D eigenvalue weighted by atomic mass is 10.1.